The van der Waals surface area contributed by atoms with Crippen LogP contribution in [-0.4, -0.2) is 50.4 Å². The molecule has 23 heavy (non-hydrogen) atoms. The van der Waals surface area contributed by atoms with Crippen molar-refractivity contribution in [3.8, 4) is 5.75 Å². The van der Waals surface area contributed by atoms with Crippen LogP contribution in [0.15, 0.2) is 18.2 Å². The summed E-state index contributed by atoms with van der Waals surface area (Å²) in [5.41, 5.74) is 2.38. The highest BCUT2D eigenvalue weighted by atomic mass is 16.5. The van der Waals surface area contributed by atoms with Gasteiger partial charge in [0.15, 0.2) is 0 Å². The van der Waals surface area contributed by atoms with Crippen LogP contribution in [0.2, 0.25) is 0 Å². The van der Waals surface area contributed by atoms with Crippen molar-refractivity contribution < 1.29 is 9.47 Å². The number of rotatable bonds is 7. The van der Waals surface area contributed by atoms with Crippen molar-refractivity contribution in [3.63, 3.8) is 0 Å². The van der Waals surface area contributed by atoms with Crippen LogP contribution in [-0.2, 0) is 4.74 Å². The van der Waals surface area contributed by atoms with Crippen molar-refractivity contribution in [1.29, 1.82) is 0 Å². The predicted octanol–water partition coefficient (Wildman–Crippen LogP) is 3.31. The van der Waals surface area contributed by atoms with E-state index in [1.165, 1.54) is 37.2 Å². The molecule has 1 aromatic carbocycles. The van der Waals surface area contributed by atoms with Crippen molar-refractivity contribution in [2.75, 3.05) is 44.8 Å². The monoisotopic (exact) mass is 318 g/mol. The van der Waals surface area contributed by atoms with Crippen LogP contribution < -0.4 is 10.1 Å². The molecule has 0 saturated carbocycles. The van der Waals surface area contributed by atoms with Gasteiger partial charge in [-0.3, -0.25) is 4.90 Å². The third kappa shape index (κ3) is 4.61. The highest BCUT2D eigenvalue weighted by Gasteiger charge is 2.22. The van der Waals surface area contributed by atoms with Gasteiger partial charge in [-0.05, 0) is 70.0 Å². The van der Waals surface area contributed by atoms with E-state index in [1.54, 1.807) is 0 Å². The molecule has 0 unspecified atom stereocenters. The van der Waals surface area contributed by atoms with Crippen molar-refractivity contribution in [3.05, 3.63) is 23.8 Å². The Hall–Kier alpha value is -1.26. The fourth-order valence-corrected chi connectivity index (χ4v) is 3.52. The Kier molecular flexibility index (Phi) is 5.79. The number of hydrogen-bond donors (Lipinski definition) is 1. The second-order valence-corrected chi connectivity index (χ2v) is 6.93. The molecule has 4 heteroatoms. The molecule has 0 aliphatic carbocycles. The van der Waals surface area contributed by atoms with Gasteiger partial charge >= 0.3 is 0 Å². The maximum Gasteiger partial charge on any atom is 0.122 e. The zero-order valence-corrected chi connectivity index (χ0v) is 14.5. The lowest BCUT2D eigenvalue weighted by Crippen LogP contribution is -2.26. The van der Waals surface area contributed by atoms with Gasteiger partial charge in [0.2, 0.25) is 0 Å². The van der Waals surface area contributed by atoms with Gasteiger partial charge in [-0.25, -0.2) is 0 Å². The number of aryl methyl sites for hydroxylation is 1. The second kappa shape index (κ2) is 8.02. The summed E-state index contributed by atoms with van der Waals surface area (Å²) in [7, 11) is 0. The van der Waals surface area contributed by atoms with Crippen LogP contribution in [0, 0.1) is 12.8 Å². The lowest BCUT2D eigenvalue weighted by atomic mass is 10.0. The van der Waals surface area contributed by atoms with Crippen molar-refractivity contribution >= 4 is 5.69 Å². The smallest absolute Gasteiger partial charge is 0.122 e. The quantitative estimate of drug-likeness (QED) is 0.836. The number of anilines is 1. The van der Waals surface area contributed by atoms with E-state index in [4.69, 9.17) is 9.47 Å². The van der Waals surface area contributed by atoms with Crippen molar-refractivity contribution in [1.82, 2.24) is 4.90 Å². The summed E-state index contributed by atoms with van der Waals surface area (Å²) in [4.78, 5) is 2.48. The minimum absolute atomic E-state index is 0.443. The van der Waals surface area contributed by atoms with Crippen LogP contribution in [0.3, 0.4) is 0 Å². The molecular formula is C19H30N2O2. The molecule has 0 spiro atoms. The molecular weight excluding hydrogens is 288 g/mol. The molecule has 0 bridgehead atoms. The number of benzene rings is 1. The summed E-state index contributed by atoms with van der Waals surface area (Å²) in [6.07, 6.45) is 3.83. The van der Waals surface area contributed by atoms with Gasteiger partial charge in [-0.15, -0.1) is 0 Å². The highest BCUT2D eigenvalue weighted by Crippen LogP contribution is 2.25. The summed E-state index contributed by atoms with van der Waals surface area (Å²) >= 11 is 0. The molecule has 1 N–H and O–H groups in total. The van der Waals surface area contributed by atoms with E-state index in [1.807, 2.05) is 0 Å². The van der Waals surface area contributed by atoms with E-state index in [0.29, 0.717) is 12.0 Å². The van der Waals surface area contributed by atoms with E-state index < -0.39 is 0 Å². The van der Waals surface area contributed by atoms with Gasteiger partial charge in [-0.2, -0.15) is 0 Å². The van der Waals surface area contributed by atoms with Crippen LogP contribution in [0.1, 0.15) is 31.7 Å². The molecule has 0 aromatic heterocycles. The van der Waals surface area contributed by atoms with Gasteiger partial charge in [0.25, 0.3) is 0 Å². The number of nitrogens with zero attached hydrogens (tertiary/aromatic N) is 1. The molecule has 2 atom stereocenters. The molecule has 2 heterocycles. The number of likely N-dealkylation sites (tertiary alicyclic amines) is 1. The zero-order chi connectivity index (χ0) is 16.1. The Morgan fingerprint density at radius 3 is 2.87 bits per heavy atom. The molecule has 2 saturated heterocycles. The SMILES string of the molecule is Cc1cc(N[C@@H](C)[C@@H]2CCOC2)ccc1OCCN1CCCC1. The van der Waals surface area contributed by atoms with E-state index in [9.17, 15) is 0 Å². The Balaban J connectivity index is 1.48. The molecule has 0 amide bonds. The molecule has 2 fully saturated rings. The Morgan fingerprint density at radius 2 is 2.17 bits per heavy atom. The third-order valence-electron chi connectivity index (χ3n) is 5.11. The molecule has 4 nitrogen and oxygen atoms in total. The average Bonchev–Trinajstić information content (AvgIpc) is 3.22. The predicted molar refractivity (Wildman–Crippen MR) is 94.4 cm³/mol. The van der Waals surface area contributed by atoms with E-state index in [0.717, 1.165) is 38.5 Å². The minimum atomic E-state index is 0.443. The van der Waals surface area contributed by atoms with Crippen molar-refractivity contribution in [2.45, 2.75) is 39.2 Å². The molecule has 2 aliphatic rings. The van der Waals surface area contributed by atoms with E-state index in [2.05, 4.69) is 42.3 Å². The van der Waals surface area contributed by atoms with Crippen LogP contribution in [0.5, 0.6) is 5.75 Å². The minimum Gasteiger partial charge on any atom is -0.492 e. The van der Waals surface area contributed by atoms with Crippen molar-refractivity contribution in [2.24, 2.45) is 5.92 Å². The summed E-state index contributed by atoms with van der Waals surface area (Å²) in [6.45, 7) is 10.4. The molecule has 2 aliphatic heterocycles. The van der Waals surface area contributed by atoms with Gasteiger partial charge < -0.3 is 14.8 Å². The lowest BCUT2D eigenvalue weighted by Gasteiger charge is -2.21. The van der Waals surface area contributed by atoms with E-state index >= 15 is 0 Å². The number of hydrogen-bond acceptors (Lipinski definition) is 4. The van der Waals surface area contributed by atoms with Gasteiger partial charge in [0.1, 0.15) is 12.4 Å². The maximum atomic E-state index is 5.97. The summed E-state index contributed by atoms with van der Waals surface area (Å²) in [5, 5.41) is 3.61. The summed E-state index contributed by atoms with van der Waals surface area (Å²) in [5.74, 6) is 1.62. The van der Waals surface area contributed by atoms with Crippen LogP contribution >= 0.6 is 0 Å². The fourth-order valence-electron chi connectivity index (χ4n) is 3.52. The normalized spacial score (nSPS) is 23.1. The van der Waals surface area contributed by atoms with Crippen LogP contribution in [0.25, 0.3) is 0 Å². The zero-order valence-electron chi connectivity index (χ0n) is 14.5. The average molecular weight is 318 g/mol. The fraction of sp³-hybridized carbons (Fsp3) is 0.684. The second-order valence-electron chi connectivity index (χ2n) is 6.93. The van der Waals surface area contributed by atoms with Gasteiger partial charge in [0, 0.05) is 30.8 Å². The Labute approximate surface area is 140 Å². The number of nitrogens with one attached hydrogen (secondary N) is 1. The molecule has 128 valence electrons. The molecule has 3 rings (SSSR count). The first-order chi connectivity index (χ1) is 11.2. The van der Waals surface area contributed by atoms with Gasteiger partial charge in [0.05, 0.1) is 6.61 Å². The summed E-state index contributed by atoms with van der Waals surface area (Å²) in [6, 6.07) is 6.86. The summed E-state index contributed by atoms with van der Waals surface area (Å²) < 4.78 is 11.5. The first-order valence-corrected chi connectivity index (χ1v) is 9.02. The van der Waals surface area contributed by atoms with Crippen LogP contribution in [0.4, 0.5) is 5.69 Å². The first-order valence-electron chi connectivity index (χ1n) is 9.02. The third-order valence-corrected chi connectivity index (χ3v) is 5.11. The maximum absolute atomic E-state index is 5.97. The molecule has 1 aromatic rings. The lowest BCUT2D eigenvalue weighted by molar-refractivity contribution is 0.183. The first kappa shape index (κ1) is 16.6. The Morgan fingerprint density at radius 1 is 1.35 bits per heavy atom. The topological polar surface area (TPSA) is 33.7 Å². The highest BCUT2D eigenvalue weighted by molar-refractivity contribution is 5.51. The van der Waals surface area contributed by atoms with E-state index in [-0.39, 0.29) is 0 Å². The largest absolute Gasteiger partial charge is 0.492 e. The Bertz CT molecular complexity index is 494. The molecule has 0 radical (unpaired) electrons. The van der Waals surface area contributed by atoms with Gasteiger partial charge in [-0.1, -0.05) is 0 Å². The number of ether oxygens (including phenoxy) is 2. The standard InChI is InChI=1S/C19H30N2O2/c1-15-13-18(20-16(2)17-7-11-22-14-17)5-6-19(15)23-12-10-21-8-3-4-9-21/h5-6,13,16-17,20H,3-4,7-12,14H2,1-2H3/t16-,17+/m0/s1.